The molecule has 4 unspecified atom stereocenters. The molecule has 6 atom stereocenters. The van der Waals surface area contributed by atoms with Gasteiger partial charge in [0.2, 0.25) is 5.91 Å². The van der Waals surface area contributed by atoms with Crippen LogP contribution in [0.15, 0.2) is 0 Å². The molecule has 0 aromatic carbocycles. The zero-order chi connectivity index (χ0) is 23.9. The second-order valence-corrected chi connectivity index (χ2v) is 9.52. The molecule has 1 rings (SSSR count). The number of hydrogen-bond acceptors (Lipinski definition) is 6. The third kappa shape index (κ3) is 11.4. The van der Waals surface area contributed by atoms with Gasteiger partial charge in [-0.15, -0.1) is 0 Å². The van der Waals surface area contributed by atoms with Crippen molar-refractivity contribution in [3.63, 3.8) is 0 Å². The van der Waals surface area contributed by atoms with Crippen LogP contribution >= 0.6 is 0 Å². The molecule has 0 aliphatic carbocycles. The van der Waals surface area contributed by atoms with Crippen molar-refractivity contribution in [1.29, 1.82) is 0 Å². The number of ether oxygens (including phenoxy) is 3. The Kier molecular flexibility index (Phi) is 15.4. The second kappa shape index (κ2) is 16.8. The fourth-order valence-corrected chi connectivity index (χ4v) is 4.22. The van der Waals surface area contributed by atoms with E-state index in [1.54, 1.807) is 14.0 Å². The Morgan fingerprint density at radius 1 is 1.00 bits per heavy atom. The molecule has 1 saturated heterocycles. The van der Waals surface area contributed by atoms with Crippen molar-refractivity contribution in [2.24, 2.45) is 0 Å². The Morgan fingerprint density at radius 3 is 2.16 bits per heavy atom. The van der Waals surface area contributed by atoms with Gasteiger partial charge in [0.05, 0.1) is 37.4 Å². The van der Waals surface area contributed by atoms with Crippen LogP contribution in [0.2, 0.25) is 0 Å². The monoisotopic (exact) mass is 459 g/mol. The minimum absolute atomic E-state index is 0.00690. The first-order chi connectivity index (χ1) is 15.3. The maximum Gasteiger partial charge on any atom is 0.223 e. The van der Waals surface area contributed by atoms with Crippen LogP contribution in [0.3, 0.4) is 0 Å². The summed E-state index contributed by atoms with van der Waals surface area (Å²) in [5, 5.41) is 23.8. The van der Waals surface area contributed by atoms with Crippen LogP contribution in [0.5, 0.6) is 0 Å². The van der Waals surface area contributed by atoms with Gasteiger partial charge in [-0.2, -0.15) is 0 Å². The number of amides is 1. The Bertz CT molecular complexity index is 489. The molecule has 1 amide bonds. The van der Waals surface area contributed by atoms with E-state index in [4.69, 9.17) is 14.2 Å². The number of carbonyl (C=O) groups is 1. The molecular weight excluding hydrogens is 410 g/mol. The third-order valence-corrected chi connectivity index (χ3v) is 6.29. The predicted octanol–water partition coefficient (Wildman–Crippen LogP) is 3.73. The largest absolute Gasteiger partial charge is 0.388 e. The Balaban J connectivity index is 2.31. The quantitative estimate of drug-likeness (QED) is 0.287. The van der Waals surface area contributed by atoms with E-state index >= 15 is 0 Å². The molecule has 7 nitrogen and oxygen atoms in total. The highest BCUT2D eigenvalue weighted by atomic mass is 16.6. The Hall–Kier alpha value is -0.730. The van der Waals surface area contributed by atoms with E-state index in [1.807, 2.05) is 13.8 Å². The van der Waals surface area contributed by atoms with Crippen molar-refractivity contribution >= 4 is 5.91 Å². The van der Waals surface area contributed by atoms with Crippen LogP contribution in [0.25, 0.3) is 0 Å². The summed E-state index contributed by atoms with van der Waals surface area (Å²) in [7, 11) is 1.63. The second-order valence-electron chi connectivity index (χ2n) is 9.52. The average Bonchev–Trinajstić information content (AvgIpc) is 2.76. The van der Waals surface area contributed by atoms with Gasteiger partial charge in [0, 0.05) is 7.11 Å². The summed E-state index contributed by atoms with van der Waals surface area (Å²) in [6.07, 6.45) is 9.01. The molecule has 0 spiro atoms. The summed E-state index contributed by atoms with van der Waals surface area (Å²) >= 11 is 0. The third-order valence-electron chi connectivity index (χ3n) is 6.29. The van der Waals surface area contributed by atoms with Gasteiger partial charge in [0.25, 0.3) is 0 Å². The first kappa shape index (κ1) is 29.3. The normalized spacial score (nSPS) is 26.9. The lowest BCUT2D eigenvalue weighted by atomic mass is 9.93. The zero-order valence-electron chi connectivity index (χ0n) is 21.1. The number of nitrogens with one attached hydrogen (secondary N) is 1. The van der Waals surface area contributed by atoms with Crippen LogP contribution < -0.4 is 5.32 Å². The van der Waals surface area contributed by atoms with Crippen molar-refractivity contribution in [2.45, 2.75) is 141 Å². The summed E-state index contributed by atoms with van der Waals surface area (Å²) in [6.45, 7) is 8.03. The maximum atomic E-state index is 12.6. The van der Waals surface area contributed by atoms with Gasteiger partial charge in [-0.3, -0.25) is 4.79 Å². The van der Waals surface area contributed by atoms with Gasteiger partial charge in [0.15, 0.2) is 0 Å². The van der Waals surface area contributed by atoms with Crippen LogP contribution in [-0.4, -0.2) is 72.5 Å². The lowest BCUT2D eigenvalue weighted by Crippen LogP contribution is -2.63. The van der Waals surface area contributed by atoms with Crippen molar-refractivity contribution in [2.75, 3.05) is 13.7 Å². The highest BCUT2D eigenvalue weighted by molar-refractivity contribution is 5.77. The number of hydrogen-bond donors (Lipinski definition) is 3. The van der Waals surface area contributed by atoms with E-state index in [-0.39, 0.29) is 31.1 Å². The first-order valence-corrected chi connectivity index (χ1v) is 12.7. The van der Waals surface area contributed by atoms with Crippen molar-refractivity contribution in [3.05, 3.63) is 0 Å². The van der Waals surface area contributed by atoms with Gasteiger partial charge in [-0.05, 0) is 27.2 Å². The average molecular weight is 460 g/mol. The van der Waals surface area contributed by atoms with Gasteiger partial charge >= 0.3 is 0 Å². The molecule has 0 radical (unpaired) electrons. The molecule has 1 aliphatic rings. The summed E-state index contributed by atoms with van der Waals surface area (Å²) in [5.41, 5.74) is 0. The molecule has 1 aliphatic heterocycles. The van der Waals surface area contributed by atoms with Crippen molar-refractivity contribution in [1.82, 2.24) is 5.32 Å². The highest BCUT2D eigenvalue weighted by Crippen LogP contribution is 2.22. The van der Waals surface area contributed by atoms with Crippen LogP contribution in [-0.2, 0) is 19.0 Å². The van der Waals surface area contributed by atoms with E-state index in [2.05, 4.69) is 12.2 Å². The summed E-state index contributed by atoms with van der Waals surface area (Å²) in [6, 6.07) is -0.669. The minimum atomic E-state index is -1.12. The molecule has 3 N–H and O–H groups in total. The number of rotatable bonds is 17. The number of carbonyl (C=O) groups excluding carboxylic acids is 1. The predicted molar refractivity (Wildman–Crippen MR) is 127 cm³/mol. The molecule has 0 bridgehead atoms. The van der Waals surface area contributed by atoms with E-state index in [0.29, 0.717) is 0 Å². The Labute approximate surface area is 195 Å². The first-order valence-electron chi connectivity index (χ1n) is 12.7. The molecule has 1 fully saturated rings. The van der Waals surface area contributed by atoms with Gasteiger partial charge in [0.1, 0.15) is 18.3 Å². The lowest BCUT2D eigenvalue weighted by molar-refractivity contribution is -0.198. The fraction of sp³-hybridized carbons (Fsp3) is 0.960. The summed E-state index contributed by atoms with van der Waals surface area (Å²) < 4.78 is 16.8. The van der Waals surface area contributed by atoms with Crippen LogP contribution in [0, 0.1) is 0 Å². The lowest BCUT2D eigenvalue weighted by Gasteiger charge is -2.42. The molecular formula is C25H49NO6. The van der Waals surface area contributed by atoms with E-state index in [9.17, 15) is 15.0 Å². The van der Waals surface area contributed by atoms with E-state index < -0.39 is 30.5 Å². The highest BCUT2D eigenvalue weighted by Gasteiger charge is 2.43. The number of aliphatic hydroxyl groups is 2. The van der Waals surface area contributed by atoms with E-state index in [1.165, 1.54) is 44.9 Å². The van der Waals surface area contributed by atoms with Crippen LogP contribution in [0.4, 0.5) is 0 Å². The van der Waals surface area contributed by atoms with Gasteiger partial charge in [-0.1, -0.05) is 64.7 Å². The zero-order valence-corrected chi connectivity index (χ0v) is 21.1. The fourth-order valence-electron chi connectivity index (χ4n) is 4.22. The van der Waals surface area contributed by atoms with Crippen LogP contribution in [0.1, 0.15) is 98.3 Å². The number of aliphatic hydroxyl groups excluding tert-OH is 2. The van der Waals surface area contributed by atoms with E-state index in [0.717, 1.165) is 19.3 Å². The molecule has 1 heterocycles. The minimum Gasteiger partial charge on any atom is -0.388 e. The molecule has 190 valence electrons. The molecule has 7 heteroatoms. The van der Waals surface area contributed by atoms with Crippen molar-refractivity contribution in [3.8, 4) is 0 Å². The van der Waals surface area contributed by atoms with Gasteiger partial charge in [-0.25, -0.2) is 0 Å². The summed E-state index contributed by atoms with van der Waals surface area (Å²) in [4.78, 5) is 12.6. The molecule has 0 aromatic rings. The molecule has 32 heavy (non-hydrogen) atoms. The SMILES string of the molecule is CCCCCCCCCCCC(CC(=O)NC1C(O)[C@@H](O)C(COC(C)C)O[C@H]1C)OC. The topological polar surface area (TPSA) is 97.3 Å². The van der Waals surface area contributed by atoms with Gasteiger partial charge < -0.3 is 29.7 Å². The number of methoxy groups -OCH3 is 1. The summed E-state index contributed by atoms with van der Waals surface area (Å²) in [5.74, 6) is -0.198. The Morgan fingerprint density at radius 2 is 1.59 bits per heavy atom. The molecule has 0 saturated carbocycles. The molecule has 0 aromatic heterocycles. The maximum absolute atomic E-state index is 12.6. The number of unbranched alkanes of at least 4 members (excludes halogenated alkanes) is 8. The smallest absolute Gasteiger partial charge is 0.223 e. The van der Waals surface area contributed by atoms with Crippen molar-refractivity contribution < 1.29 is 29.2 Å². The standard InChI is InChI=1S/C25H49NO6/c1-6-7-8-9-10-11-12-13-14-15-20(30-5)16-22(27)26-23-19(4)32-21(17-31-18(2)3)24(28)25(23)29/h18-21,23-25,28-29H,6-17H2,1-5H3,(H,26,27)/t19-,20?,21?,23?,24-,25?/m0/s1.